The standard InChI is InChI=1S/C19H15N7/c1-12-10-13(2)26-19(20-12)23-17(24-26)15-8-9-25-11-16(22-18(25)21-15)14-6-4-3-5-7-14/h3-11H,1-2H3. The first-order chi connectivity index (χ1) is 12.7. The van der Waals surface area contributed by atoms with Crippen molar-refractivity contribution in [1.29, 1.82) is 0 Å². The fourth-order valence-corrected chi connectivity index (χ4v) is 3.02. The van der Waals surface area contributed by atoms with E-state index in [1.54, 1.807) is 4.52 Å². The number of nitrogens with zero attached hydrogens (tertiary/aromatic N) is 7. The van der Waals surface area contributed by atoms with E-state index in [1.165, 1.54) is 0 Å². The molecule has 7 nitrogen and oxygen atoms in total. The molecule has 0 bridgehead atoms. The van der Waals surface area contributed by atoms with Crippen LogP contribution in [-0.2, 0) is 0 Å². The molecule has 0 fully saturated rings. The highest BCUT2D eigenvalue weighted by Crippen LogP contribution is 2.20. The molecule has 0 aliphatic carbocycles. The fourth-order valence-electron chi connectivity index (χ4n) is 3.02. The Labute approximate surface area is 149 Å². The van der Waals surface area contributed by atoms with Gasteiger partial charge in [-0.15, -0.1) is 5.10 Å². The van der Waals surface area contributed by atoms with Gasteiger partial charge in [-0.05, 0) is 26.0 Å². The highest BCUT2D eigenvalue weighted by Gasteiger charge is 2.13. The molecular formula is C19H15N7. The molecule has 0 amide bonds. The minimum atomic E-state index is 0.540. The van der Waals surface area contributed by atoms with Crippen LogP contribution in [0.1, 0.15) is 11.4 Å². The van der Waals surface area contributed by atoms with Crippen molar-refractivity contribution in [2.24, 2.45) is 0 Å². The lowest BCUT2D eigenvalue weighted by atomic mass is 10.2. The molecule has 1 aromatic carbocycles. The Morgan fingerprint density at radius 1 is 0.808 bits per heavy atom. The van der Waals surface area contributed by atoms with Gasteiger partial charge in [0.05, 0.1) is 5.69 Å². The summed E-state index contributed by atoms with van der Waals surface area (Å²) in [6.07, 6.45) is 3.89. The highest BCUT2D eigenvalue weighted by molar-refractivity contribution is 5.62. The van der Waals surface area contributed by atoms with Crippen molar-refractivity contribution in [3.63, 3.8) is 0 Å². The summed E-state index contributed by atoms with van der Waals surface area (Å²) in [5.74, 6) is 1.73. The number of rotatable bonds is 2. The van der Waals surface area contributed by atoms with E-state index in [2.05, 4.69) is 25.0 Å². The summed E-state index contributed by atoms with van der Waals surface area (Å²) < 4.78 is 3.63. The lowest BCUT2D eigenvalue weighted by Crippen LogP contribution is -1.97. The summed E-state index contributed by atoms with van der Waals surface area (Å²) in [5.41, 5.74) is 4.51. The molecule has 26 heavy (non-hydrogen) atoms. The third kappa shape index (κ3) is 2.33. The Hall–Kier alpha value is -3.61. The van der Waals surface area contributed by atoms with E-state index < -0.39 is 0 Å². The normalized spacial score (nSPS) is 11.5. The van der Waals surface area contributed by atoms with Crippen LogP contribution in [0.15, 0.2) is 54.9 Å². The van der Waals surface area contributed by atoms with E-state index in [9.17, 15) is 0 Å². The first-order valence-corrected chi connectivity index (χ1v) is 8.30. The fraction of sp³-hybridized carbons (Fsp3) is 0.105. The SMILES string of the molecule is Cc1cc(C)n2nc(-c3ccn4cc(-c5ccccc5)nc4n3)nc2n1. The minimum Gasteiger partial charge on any atom is -0.290 e. The average Bonchev–Trinajstić information content (AvgIpc) is 3.25. The second-order valence-corrected chi connectivity index (χ2v) is 6.20. The molecular weight excluding hydrogens is 326 g/mol. The van der Waals surface area contributed by atoms with Crippen molar-refractivity contribution < 1.29 is 0 Å². The van der Waals surface area contributed by atoms with E-state index in [4.69, 9.17) is 0 Å². The van der Waals surface area contributed by atoms with Gasteiger partial charge in [0.15, 0.2) is 0 Å². The maximum Gasteiger partial charge on any atom is 0.253 e. The molecule has 5 rings (SSSR count). The molecule has 0 radical (unpaired) electrons. The molecule has 0 saturated carbocycles. The van der Waals surface area contributed by atoms with Crippen molar-refractivity contribution in [2.75, 3.05) is 0 Å². The second-order valence-electron chi connectivity index (χ2n) is 6.20. The third-order valence-corrected chi connectivity index (χ3v) is 4.24. The zero-order valence-electron chi connectivity index (χ0n) is 14.3. The predicted octanol–water partition coefficient (Wildman–Crippen LogP) is 3.12. The summed E-state index contributed by atoms with van der Waals surface area (Å²) >= 11 is 0. The first-order valence-electron chi connectivity index (χ1n) is 8.30. The molecule has 0 saturated heterocycles. The van der Waals surface area contributed by atoms with Crippen LogP contribution in [0, 0.1) is 13.8 Å². The van der Waals surface area contributed by atoms with Gasteiger partial charge in [-0.25, -0.2) is 19.5 Å². The maximum absolute atomic E-state index is 4.63. The van der Waals surface area contributed by atoms with Crippen LogP contribution in [0.5, 0.6) is 0 Å². The number of aryl methyl sites for hydroxylation is 2. The highest BCUT2D eigenvalue weighted by atomic mass is 15.3. The first kappa shape index (κ1) is 14.7. The monoisotopic (exact) mass is 341 g/mol. The van der Waals surface area contributed by atoms with Gasteiger partial charge >= 0.3 is 0 Å². The average molecular weight is 341 g/mol. The number of hydrogen-bond acceptors (Lipinski definition) is 5. The summed E-state index contributed by atoms with van der Waals surface area (Å²) in [6, 6.07) is 13.9. The van der Waals surface area contributed by atoms with E-state index in [0.29, 0.717) is 23.1 Å². The molecule has 126 valence electrons. The number of hydrogen-bond donors (Lipinski definition) is 0. The van der Waals surface area contributed by atoms with Crippen LogP contribution in [0.25, 0.3) is 34.3 Å². The zero-order chi connectivity index (χ0) is 17.7. The Kier molecular flexibility index (Phi) is 3.08. The van der Waals surface area contributed by atoms with Gasteiger partial charge in [0.2, 0.25) is 11.6 Å². The van der Waals surface area contributed by atoms with Gasteiger partial charge in [-0.2, -0.15) is 4.98 Å². The molecule has 0 spiro atoms. The number of benzene rings is 1. The Balaban J connectivity index is 1.62. The van der Waals surface area contributed by atoms with E-state index >= 15 is 0 Å². The van der Waals surface area contributed by atoms with E-state index in [1.807, 2.05) is 73.1 Å². The van der Waals surface area contributed by atoms with Gasteiger partial charge in [0.25, 0.3) is 5.78 Å². The predicted molar refractivity (Wildman–Crippen MR) is 97.7 cm³/mol. The zero-order valence-corrected chi connectivity index (χ0v) is 14.3. The molecule has 7 heteroatoms. The largest absolute Gasteiger partial charge is 0.290 e. The van der Waals surface area contributed by atoms with E-state index in [0.717, 1.165) is 22.6 Å². The van der Waals surface area contributed by atoms with E-state index in [-0.39, 0.29) is 0 Å². The van der Waals surface area contributed by atoms with Crippen molar-refractivity contribution >= 4 is 11.6 Å². The van der Waals surface area contributed by atoms with Gasteiger partial charge in [-0.1, -0.05) is 30.3 Å². The molecule has 4 heterocycles. The summed E-state index contributed by atoms with van der Waals surface area (Å²) in [4.78, 5) is 18.2. The van der Waals surface area contributed by atoms with Crippen molar-refractivity contribution in [3.8, 4) is 22.8 Å². The van der Waals surface area contributed by atoms with Crippen LogP contribution in [0.2, 0.25) is 0 Å². The Morgan fingerprint density at radius 3 is 2.46 bits per heavy atom. The van der Waals surface area contributed by atoms with Crippen LogP contribution in [0.3, 0.4) is 0 Å². The quantitative estimate of drug-likeness (QED) is 0.493. The minimum absolute atomic E-state index is 0.540. The van der Waals surface area contributed by atoms with Crippen molar-refractivity contribution in [3.05, 3.63) is 66.2 Å². The molecule has 0 aliphatic rings. The van der Waals surface area contributed by atoms with Crippen molar-refractivity contribution in [2.45, 2.75) is 13.8 Å². The van der Waals surface area contributed by atoms with Crippen LogP contribution < -0.4 is 0 Å². The van der Waals surface area contributed by atoms with Crippen LogP contribution in [0.4, 0.5) is 0 Å². The molecule has 5 aromatic rings. The lowest BCUT2D eigenvalue weighted by Gasteiger charge is -1.97. The van der Waals surface area contributed by atoms with Gasteiger partial charge in [-0.3, -0.25) is 4.40 Å². The van der Waals surface area contributed by atoms with Crippen LogP contribution >= 0.6 is 0 Å². The Morgan fingerprint density at radius 2 is 1.62 bits per heavy atom. The van der Waals surface area contributed by atoms with Crippen molar-refractivity contribution in [1.82, 2.24) is 34.0 Å². The second kappa shape index (κ2) is 5.45. The Bertz CT molecular complexity index is 1250. The number of fused-ring (bicyclic) bond motifs is 2. The summed E-state index contributed by atoms with van der Waals surface area (Å²) in [6.45, 7) is 3.93. The van der Waals surface area contributed by atoms with Gasteiger partial charge in [0.1, 0.15) is 5.69 Å². The maximum atomic E-state index is 4.63. The number of aromatic nitrogens is 7. The van der Waals surface area contributed by atoms with Gasteiger partial charge in [0, 0.05) is 29.3 Å². The molecule has 0 unspecified atom stereocenters. The number of imidazole rings is 1. The summed E-state index contributed by atoms with van der Waals surface area (Å²) in [7, 11) is 0. The molecule has 0 aliphatic heterocycles. The third-order valence-electron chi connectivity index (χ3n) is 4.24. The molecule has 4 aromatic heterocycles. The lowest BCUT2D eigenvalue weighted by molar-refractivity contribution is 0.886. The van der Waals surface area contributed by atoms with Gasteiger partial charge < -0.3 is 0 Å². The van der Waals surface area contributed by atoms with Crippen LogP contribution in [-0.4, -0.2) is 34.0 Å². The molecule has 0 N–H and O–H groups in total. The smallest absolute Gasteiger partial charge is 0.253 e. The molecule has 0 atom stereocenters. The topological polar surface area (TPSA) is 73.3 Å². The summed E-state index contributed by atoms with van der Waals surface area (Å²) in [5, 5.41) is 4.54.